The Labute approximate surface area is 51.8 Å². The molecule has 0 atom stereocenters. The van der Waals surface area contributed by atoms with Crippen molar-refractivity contribution in [3.8, 4) is 0 Å². The molecule has 0 aromatic rings. The zero-order valence-corrected chi connectivity index (χ0v) is 6.04. The third kappa shape index (κ3) is 1.65. The maximum absolute atomic E-state index is 5.88. The van der Waals surface area contributed by atoms with Crippen LogP contribution in [0.1, 0.15) is 0 Å². The largest absolute Gasteiger partial charge is 0.380 e. The Morgan fingerprint density at radius 2 is 1.88 bits per heavy atom. The van der Waals surface area contributed by atoms with Gasteiger partial charge < -0.3 is 4.74 Å². The van der Waals surface area contributed by atoms with E-state index in [-0.39, 0.29) is 0 Å². The first kappa shape index (κ1) is 6.39. The summed E-state index contributed by atoms with van der Waals surface area (Å²) in [5.74, 6) is 2.18. The van der Waals surface area contributed by atoms with Crippen molar-refractivity contribution in [3.63, 3.8) is 0 Å². The summed E-state index contributed by atoms with van der Waals surface area (Å²) >= 11 is 0. The molecule has 0 bridgehead atoms. The summed E-state index contributed by atoms with van der Waals surface area (Å²) in [4.78, 5) is 0. The van der Waals surface area contributed by atoms with Crippen LogP contribution < -0.4 is 5.14 Å². The summed E-state index contributed by atoms with van der Waals surface area (Å²) in [7, 11) is -0.708. The van der Waals surface area contributed by atoms with Crippen LogP contribution in [0, 0.1) is 0 Å². The Balaban J connectivity index is 2.33. The van der Waals surface area contributed by atoms with Crippen LogP contribution in [0.25, 0.3) is 0 Å². The number of nitrogens with two attached hydrogens (primary N) is 1. The average molecular weight is 135 g/mol. The predicted octanol–water partition coefficient (Wildman–Crippen LogP) is 0.325. The second-order valence-electron chi connectivity index (χ2n) is 2.37. The lowest BCUT2D eigenvalue weighted by atomic mass is 10.8. The molecule has 2 N–H and O–H groups in total. The van der Waals surface area contributed by atoms with Gasteiger partial charge in [0.25, 0.3) is 0 Å². The maximum atomic E-state index is 5.88. The molecule has 0 aromatic heterocycles. The van der Waals surface area contributed by atoms with Crippen molar-refractivity contribution in [3.05, 3.63) is 0 Å². The molecule has 0 radical (unpaired) electrons. The van der Waals surface area contributed by atoms with Gasteiger partial charge in [0, 0.05) is 11.5 Å². The van der Waals surface area contributed by atoms with Crippen molar-refractivity contribution in [1.82, 2.24) is 0 Å². The third-order valence-corrected chi connectivity index (χ3v) is 3.59. The zero-order chi connectivity index (χ0) is 6.04. The molecule has 0 saturated carbocycles. The molecule has 2 nitrogen and oxygen atoms in total. The number of rotatable bonds is 0. The summed E-state index contributed by atoms with van der Waals surface area (Å²) < 4.78 is 5.15. The van der Waals surface area contributed by atoms with Gasteiger partial charge in [-0.25, -0.2) is 0 Å². The molecule has 1 saturated heterocycles. The van der Waals surface area contributed by atoms with Crippen molar-refractivity contribution in [2.75, 3.05) is 31.0 Å². The van der Waals surface area contributed by atoms with Crippen LogP contribution >= 0.6 is 10.2 Å². The SMILES string of the molecule is CS1(N)CCOCC1. The molecular weight excluding hydrogens is 122 g/mol. The maximum Gasteiger partial charge on any atom is 0.0553 e. The van der Waals surface area contributed by atoms with Gasteiger partial charge in [-0.2, -0.15) is 10.2 Å². The van der Waals surface area contributed by atoms with Gasteiger partial charge in [0.2, 0.25) is 0 Å². The van der Waals surface area contributed by atoms with Gasteiger partial charge in [-0.1, -0.05) is 0 Å². The first-order valence-corrected chi connectivity index (χ1v) is 5.24. The van der Waals surface area contributed by atoms with Gasteiger partial charge in [-0.05, 0) is 6.26 Å². The molecular formula is C5H13NOS. The van der Waals surface area contributed by atoms with Gasteiger partial charge in [-0.15, -0.1) is 0 Å². The number of hydrogen-bond donors (Lipinski definition) is 1. The highest BCUT2D eigenvalue weighted by Crippen LogP contribution is 2.35. The standard InChI is InChI=1S/C5H13NOS/c1-8(6)4-2-7-3-5-8/h2-6H2,1H3. The Morgan fingerprint density at radius 3 is 2.12 bits per heavy atom. The van der Waals surface area contributed by atoms with Crippen molar-refractivity contribution in [2.45, 2.75) is 0 Å². The minimum absolute atomic E-state index is 0.708. The molecule has 8 heavy (non-hydrogen) atoms. The second kappa shape index (κ2) is 2.25. The number of ether oxygens (including phenoxy) is 1. The molecule has 50 valence electrons. The Hall–Kier alpha value is 0.270. The third-order valence-electron chi connectivity index (χ3n) is 1.39. The summed E-state index contributed by atoms with van der Waals surface area (Å²) in [6.45, 7) is 1.75. The molecule has 0 aliphatic carbocycles. The van der Waals surface area contributed by atoms with Gasteiger partial charge in [0.05, 0.1) is 13.2 Å². The average Bonchev–Trinajstić information content (AvgIpc) is 1.65. The summed E-state index contributed by atoms with van der Waals surface area (Å²) in [5, 5.41) is 5.88. The van der Waals surface area contributed by atoms with E-state index in [0.29, 0.717) is 0 Å². The van der Waals surface area contributed by atoms with Gasteiger partial charge in [0.15, 0.2) is 0 Å². The van der Waals surface area contributed by atoms with Crippen LogP contribution in [-0.4, -0.2) is 31.0 Å². The lowest BCUT2D eigenvalue weighted by Crippen LogP contribution is -2.27. The van der Waals surface area contributed by atoms with Crippen LogP contribution in [-0.2, 0) is 4.74 Å². The molecule has 0 amide bonds. The van der Waals surface area contributed by atoms with Gasteiger partial charge in [0.1, 0.15) is 0 Å². The van der Waals surface area contributed by atoms with Gasteiger partial charge >= 0.3 is 0 Å². The highest BCUT2D eigenvalue weighted by Gasteiger charge is 2.15. The molecule has 1 heterocycles. The van der Waals surface area contributed by atoms with E-state index < -0.39 is 10.2 Å². The molecule has 1 fully saturated rings. The molecule has 0 spiro atoms. The van der Waals surface area contributed by atoms with Crippen LogP contribution in [0.2, 0.25) is 0 Å². The first-order chi connectivity index (χ1) is 3.71. The fourth-order valence-corrected chi connectivity index (χ4v) is 1.90. The van der Waals surface area contributed by atoms with Crippen molar-refractivity contribution in [1.29, 1.82) is 0 Å². The minimum Gasteiger partial charge on any atom is -0.380 e. The van der Waals surface area contributed by atoms with E-state index >= 15 is 0 Å². The fourth-order valence-electron chi connectivity index (χ4n) is 0.703. The molecule has 1 aliphatic heterocycles. The van der Waals surface area contributed by atoms with Crippen molar-refractivity contribution >= 4 is 10.2 Å². The van der Waals surface area contributed by atoms with Crippen LogP contribution in [0.4, 0.5) is 0 Å². The second-order valence-corrected chi connectivity index (χ2v) is 5.89. The Bertz CT molecular complexity index is 76.5. The van der Waals surface area contributed by atoms with E-state index in [0.717, 1.165) is 24.7 Å². The lowest BCUT2D eigenvalue weighted by Gasteiger charge is -2.34. The minimum atomic E-state index is -0.708. The smallest absolute Gasteiger partial charge is 0.0553 e. The topological polar surface area (TPSA) is 35.2 Å². The van der Waals surface area contributed by atoms with Crippen molar-refractivity contribution in [2.24, 2.45) is 5.14 Å². The zero-order valence-electron chi connectivity index (χ0n) is 5.22. The quantitative estimate of drug-likeness (QED) is 0.519. The summed E-state index contributed by atoms with van der Waals surface area (Å²) in [5.41, 5.74) is 0. The van der Waals surface area contributed by atoms with Crippen LogP contribution in [0.15, 0.2) is 0 Å². The summed E-state index contributed by atoms with van der Waals surface area (Å²) in [6, 6.07) is 0. The lowest BCUT2D eigenvalue weighted by molar-refractivity contribution is 0.159. The van der Waals surface area contributed by atoms with E-state index in [1.807, 2.05) is 0 Å². The van der Waals surface area contributed by atoms with Gasteiger partial charge in [-0.3, -0.25) is 5.14 Å². The molecule has 1 aliphatic rings. The van der Waals surface area contributed by atoms with Crippen molar-refractivity contribution < 1.29 is 4.74 Å². The van der Waals surface area contributed by atoms with E-state index in [1.165, 1.54) is 0 Å². The van der Waals surface area contributed by atoms with Crippen LogP contribution in [0.5, 0.6) is 0 Å². The molecule has 0 aromatic carbocycles. The van der Waals surface area contributed by atoms with E-state index in [2.05, 4.69) is 6.26 Å². The first-order valence-electron chi connectivity index (χ1n) is 2.80. The van der Waals surface area contributed by atoms with E-state index in [1.54, 1.807) is 0 Å². The Morgan fingerprint density at radius 1 is 1.38 bits per heavy atom. The van der Waals surface area contributed by atoms with Crippen LogP contribution in [0.3, 0.4) is 0 Å². The fraction of sp³-hybridized carbons (Fsp3) is 1.00. The summed E-state index contributed by atoms with van der Waals surface area (Å²) in [6.07, 6.45) is 2.16. The molecule has 0 unspecified atom stereocenters. The normalized spacial score (nSPS) is 31.8. The highest BCUT2D eigenvalue weighted by molar-refractivity contribution is 8.31. The van der Waals surface area contributed by atoms with E-state index in [9.17, 15) is 0 Å². The van der Waals surface area contributed by atoms with E-state index in [4.69, 9.17) is 9.88 Å². The number of hydrogen-bond acceptors (Lipinski definition) is 2. The molecule has 1 rings (SSSR count). The monoisotopic (exact) mass is 135 g/mol. The molecule has 3 heteroatoms. The highest BCUT2D eigenvalue weighted by atomic mass is 32.3. The Kier molecular flexibility index (Phi) is 1.80. The predicted molar refractivity (Wildman–Crippen MR) is 38.3 cm³/mol.